The normalized spacial score (nSPS) is 15.4. The first kappa shape index (κ1) is 21.3. The fraction of sp³-hybridized carbons (Fsp3) is 0.333. The van der Waals surface area contributed by atoms with Crippen LogP contribution in [0.1, 0.15) is 28.8 Å². The van der Waals surface area contributed by atoms with Crippen LogP contribution in [0, 0.1) is 17.0 Å². The average Bonchev–Trinajstić information content (AvgIpc) is 3.26. The van der Waals surface area contributed by atoms with Crippen LogP contribution >= 0.6 is 0 Å². The molecule has 1 aliphatic heterocycles. The molecule has 1 saturated heterocycles. The molecule has 2 aromatic rings. The van der Waals surface area contributed by atoms with Crippen LogP contribution in [-0.4, -0.2) is 42.7 Å². The molecule has 1 amide bonds. The molecule has 0 bridgehead atoms. The van der Waals surface area contributed by atoms with E-state index in [-0.39, 0.29) is 11.8 Å². The highest BCUT2D eigenvalue weighted by Gasteiger charge is 2.16. The van der Waals surface area contributed by atoms with Gasteiger partial charge in [-0.05, 0) is 55.7 Å². The van der Waals surface area contributed by atoms with Gasteiger partial charge in [0, 0.05) is 24.4 Å². The number of benzene rings is 2. The maximum Gasteiger partial charge on any atom is 0.338 e. The van der Waals surface area contributed by atoms with E-state index in [1.54, 1.807) is 31.2 Å². The molecule has 0 aliphatic carbocycles. The highest BCUT2D eigenvalue weighted by Crippen LogP contribution is 2.21. The Morgan fingerprint density at radius 2 is 2.00 bits per heavy atom. The van der Waals surface area contributed by atoms with Gasteiger partial charge in [0.2, 0.25) is 0 Å². The topological polar surface area (TPSA) is 117 Å². The number of carbonyl (C=O) groups is 2. The zero-order valence-electron chi connectivity index (χ0n) is 16.5. The van der Waals surface area contributed by atoms with Crippen LogP contribution in [0.4, 0.5) is 11.4 Å². The van der Waals surface area contributed by atoms with E-state index in [1.165, 1.54) is 18.2 Å². The lowest BCUT2D eigenvalue weighted by Crippen LogP contribution is -2.21. The molecule has 9 heteroatoms. The third kappa shape index (κ3) is 5.77. The van der Waals surface area contributed by atoms with Gasteiger partial charge in [-0.1, -0.05) is 0 Å². The number of ether oxygens (including phenoxy) is 3. The Morgan fingerprint density at radius 3 is 2.63 bits per heavy atom. The van der Waals surface area contributed by atoms with Crippen LogP contribution in [0.2, 0.25) is 0 Å². The third-order valence-corrected chi connectivity index (χ3v) is 4.58. The van der Waals surface area contributed by atoms with Crippen LogP contribution in [0.5, 0.6) is 5.75 Å². The summed E-state index contributed by atoms with van der Waals surface area (Å²) in [6.07, 6.45) is 2.12. The van der Waals surface area contributed by atoms with Crippen molar-refractivity contribution < 1.29 is 28.7 Å². The number of non-ortho nitro benzene ring substituents is 1. The van der Waals surface area contributed by atoms with Gasteiger partial charge in [0.15, 0.2) is 6.61 Å². The Bertz CT molecular complexity index is 921. The quantitative estimate of drug-likeness (QED) is 0.400. The van der Waals surface area contributed by atoms with Crippen LogP contribution in [-0.2, 0) is 14.3 Å². The first-order chi connectivity index (χ1) is 14.4. The SMILES string of the molecule is Cc1cc([N+](=O)[O-])ccc1NC(=O)COC(=O)c1ccc(OCC2CCCO2)cc1. The van der Waals surface area contributed by atoms with Crippen molar-refractivity contribution in [3.05, 3.63) is 63.7 Å². The van der Waals surface area contributed by atoms with E-state index >= 15 is 0 Å². The number of rotatable bonds is 8. The van der Waals surface area contributed by atoms with E-state index in [0.717, 1.165) is 19.4 Å². The molecule has 0 aromatic heterocycles. The minimum absolute atomic E-state index is 0.0693. The minimum atomic E-state index is -0.642. The largest absolute Gasteiger partial charge is 0.491 e. The Kier molecular flexibility index (Phi) is 6.97. The highest BCUT2D eigenvalue weighted by atomic mass is 16.6. The molecule has 9 nitrogen and oxygen atoms in total. The van der Waals surface area contributed by atoms with Gasteiger partial charge >= 0.3 is 5.97 Å². The number of aryl methyl sites for hydroxylation is 1. The van der Waals surface area contributed by atoms with E-state index in [9.17, 15) is 19.7 Å². The molecule has 1 unspecified atom stereocenters. The Balaban J connectivity index is 1.46. The summed E-state index contributed by atoms with van der Waals surface area (Å²) in [5, 5.41) is 13.3. The number of hydrogen-bond donors (Lipinski definition) is 1. The predicted octanol–water partition coefficient (Wildman–Crippen LogP) is 3.26. The van der Waals surface area contributed by atoms with E-state index in [4.69, 9.17) is 14.2 Å². The number of esters is 1. The molecule has 1 N–H and O–H groups in total. The molecule has 1 atom stereocenters. The lowest BCUT2D eigenvalue weighted by Gasteiger charge is -2.12. The van der Waals surface area contributed by atoms with Gasteiger partial charge in [0.05, 0.1) is 16.6 Å². The molecular formula is C21H22N2O7. The monoisotopic (exact) mass is 414 g/mol. The van der Waals surface area contributed by atoms with Gasteiger partial charge in [0.1, 0.15) is 12.4 Å². The zero-order valence-corrected chi connectivity index (χ0v) is 16.5. The van der Waals surface area contributed by atoms with E-state index in [0.29, 0.717) is 29.2 Å². The molecule has 0 radical (unpaired) electrons. The zero-order chi connectivity index (χ0) is 21.5. The second-order valence-corrected chi connectivity index (χ2v) is 6.85. The molecule has 0 spiro atoms. The van der Waals surface area contributed by atoms with Gasteiger partial charge in [-0.2, -0.15) is 0 Å². The Labute approximate surface area is 173 Å². The first-order valence-electron chi connectivity index (χ1n) is 9.49. The number of amides is 1. The lowest BCUT2D eigenvalue weighted by molar-refractivity contribution is -0.384. The summed E-state index contributed by atoms with van der Waals surface area (Å²) in [4.78, 5) is 34.4. The summed E-state index contributed by atoms with van der Waals surface area (Å²) < 4.78 is 16.2. The van der Waals surface area contributed by atoms with Gasteiger partial charge in [-0.15, -0.1) is 0 Å². The van der Waals surface area contributed by atoms with Crippen molar-refractivity contribution in [3.8, 4) is 5.75 Å². The maximum atomic E-state index is 12.1. The Hall–Kier alpha value is -3.46. The van der Waals surface area contributed by atoms with Crippen molar-refractivity contribution in [3.63, 3.8) is 0 Å². The van der Waals surface area contributed by atoms with Gasteiger partial charge in [-0.3, -0.25) is 14.9 Å². The third-order valence-electron chi connectivity index (χ3n) is 4.58. The number of nitrogens with zero attached hydrogens (tertiary/aromatic N) is 1. The smallest absolute Gasteiger partial charge is 0.338 e. The fourth-order valence-electron chi connectivity index (χ4n) is 2.95. The summed E-state index contributed by atoms with van der Waals surface area (Å²) in [6, 6.07) is 10.5. The molecule has 3 rings (SSSR count). The summed E-state index contributed by atoms with van der Waals surface area (Å²) in [5.41, 5.74) is 1.16. The molecule has 30 heavy (non-hydrogen) atoms. The lowest BCUT2D eigenvalue weighted by atomic mass is 10.2. The molecule has 1 heterocycles. The molecule has 2 aromatic carbocycles. The number of carbonyl (C=O) groups excluding carboxylic acids is 2. The number of anilines is 1. The number of nitro benzene ring substituents is 1. The molecule has 0 saturated carbocycles. The fourth-order valence-corrected chi connectivity index (χ4v) is 2.95. The minimum Gasteiger partial charge on any atom is -0.491 e. The van der Waals surface area contributed by atoms with Gasteiger partial charge in [0.25, 0.3) is 11.6 Å². The summed E-state index contributed by atoms with van der Waals surface area (Å²) in [7, 11) is 0. The molecule has 1 aliphatic rings. The second-order valence-electron chi connectivity index (χ2n) is 6.85. The Morgan fingerprint density at radius 1 is 1.23 bits per heavy atom. The first-order valence-corrected chi connectivity index (χ1v) is 9.49. The summed E-state index contributed by atoms with van der Waals surface area (Å²) >= 11 is 0. The predicted molar refractivity (Wildman–Crippen MR) is 108 cm³/mol. The van der Waals surface area contributed by atoms with Crippen molar-refractivity contribution in [2.45, 2.75) is 25.9 Å². The van der Waals surface area contributed by atoms with Crippen LogP contribution in [0.15, 0.2) is 42.5 Å². The molecule has 1 fully saturated rings. The van der Waals surface area contributed by atoms with Crippen molar-refractivity contribution in [2.24, 2.45) is 0 Å². The molecular weight excluding hydrogens is 392 g/mol. The van der Waals surface area contributed by atoms with E-state index in [2.05, 4.69) is 5.32 Å². The number of hydrogen-bond acceptors (Lipinski definition) is 7. The van der Waals surface area contributed by atoms with E-state index in [1.807, 2.05) is 0 Å². The second kappa shape index (κ2) is 9.84. The molecule has 158 valence electrons. The van der Waals surface area contributed by atoms with Crippen molar-refractivity contribution in [2.75, 3.05) is 25.1 Å². The summed E-state index contributed by atoms with van der Waals surface area (Å²) in [5.74, 6) is -0.568. The van der Waals surface area contributed by atoms with E-state index < -0.39 is 23.4 Å². The average molecular weight is 414 g/mol. The van der Waals surface area contributed by atoms with Crippen LogP contribution in [0.3, 0.4) is 0 Å². The van der Waals surface area contributed by atoms with Crippen molar-refractivity contribution >= 4 is 23.3 Å². The number of nitrogens with one attached hydrogen (secondary N) is 1. The van der Waals surface area contributed by atoms with Crippen molar-refractivity contribution in [1.82, 2.24) is 0 Å². The van der Waals surface area contributed by atoms with Gasteiger partial charge in [-0.25, -0.2) is 4.79 Å². The van der Waals surface area contributed by atoms with Crippen molar-refractivity contribution in [1.29, 1.82) is 0 Å². The van der Waals surface area contributed by atoms with Crippen LogP contribution in [0.25, 0.3) is 0 Å². The summed E-state index contributed by atoms with van der Waals surface area (Å²) in [6.45, 7) is 2.38. The highest BCUT2D eigenvalue weighted by molar-refractivity contribution is 5.96. The number of nitro groups is 1. The maximum absolute atomic E-state index is 12.1. The van der Waals surface area contributed by atoms with Crippen LogP contribution < -0.4 is 10.1 Å². The standard InChI is InChI=1S/C21H22N2O7/c1-14-11-16(23(26)27)6-9-19(14)22-20(24)13-30-21(25)15-4-7-17(8-5-15)29-12-18-3-2-10-28-18/h4-9,11,18H,2-3,10,12-13H2,1H3,(H,22,24). The van der Waals surface area contributed by atoms with Gasteiger partial charge < -0.3 is 19.5 Å².